The van der Waals surface area contributed by atoms with Crippen LogP contribution >= 0.6 is 0 Å². The van der Waals surface area contributed by atoms with Crippen LogP contribution in [0.25, 0.3) is 0 Å². The zero-order valence-corrected chi connectivity index (χ0v) is 16.3. The van der Waals surface area contributed by atoms with Crippen molar-refractivity contribution < 1.29 is 14.3 Å². The number of imidazole rings is 1. The first-order valence-electron chi connectivity index (χ1n) is 9.27. The van der Waals surface area contributed by atoms with Crippen molar-refractivity contribution in [1.29, 1.82) is 0 Å². The van der Waals surface area contributed by atoms with Crippen LogP contribution in [0.2, 0.25) is 0 Å². The van der Waals surface area contributed by atoms with Gasteiger partial charge in [-0.05, 0) is 57.7 Å². The van der Waals surface area contributed by atoms with Gasteiger partial charge >= 0.3 is 0 Å². The molecular formula is C20H26N4O3. The quantitative estimate of drug-likeness (QED) is 0.847. The zero-order chi connectivity index (χ0) is 19.6. The first-order chi connectivity index (χ1) is 12.9. The molecule has 1 aliphatic heterocycles. The van der Waals surface area contributed by atoms with Crippen molar-refractivity contribution in [2.45, 2.75) is 52.6 Å². The van der Waals surface area contributed by atoms with Crippen molar-refractivity contribution >= 4 is 17.5 Å². The fraction of sp³-hybridized carbons (Fsp3) is 0.450. The van der Waals surface area contributed by atoms with E-state index in [0.29, 0.717) is 29.5 Å². The number of aryl methyl sites for hydroxylation is 1. The van der Waals surface area contributed by atoms with Gasteiger partial charge in [0.05, 0.1) is 18.5 Å². The number of ether oxygens (including phenoxy) is 1. The van der Waals surface area contributed by atoms with E-state index in [-0.39, 0.29) is 17.9 Å². The summed E-state index contributed by atoms with van der Waals surface area (Å²) in [7, 11) is 1.56. The van der Waals surface area contributed by atoms with Crippen LogP contribution in [-0.4, -0.2) is 34.5 Å². The molecule has 0 bridgehead atoms. The van der Waals surface area contributed by atoms with Crippen LogP contribution in [0, 0.1) is 6.92 Å². The zero-order valence-electron chi connectivity index (χ0n) is 16.3. The smallest absolute Gasteiger partial charge is 0.287 e. The third-order valence-corrected chi connectivity index (χ3v) is 4.56. The van der Waals surface area contributed by atoms with Crippen molar-refractivity contribution in [3.8, 4) is 5.75 Å². The molecule has 0 saturated carbocycles. The number of nitrogens with one attached hydrogen (secondary N) is 2. The molecule has 1 aromatic heterocycles. The third kappa shape index (κ3) is 3.97. The fourth-order valence-electron chi connectivity index (χ4n) is 3.33. The van der Waals surface area contributed by atoms with E-state index < -0.39 is 0 Å². The van der Waals surface area contributed by atoms with Crippen LogP contribution in [0.3, 0.4) is 0 Å². The molecule has 0 atom stereocenters. The SMILES string of the molecule is COc1ccc(C)cc1NC(=O)c1nc(C(=O)NC(C)C)n2c1CCCC2. The number of carbonyl (C=O) groups excluding carboxylic acids is 2. The van der Waals surface area contributed by atoms with E-state index in [1.165, 1.54) is 0 Å². The van der Waals surface area contributed by atoms with Crippen molar-refractivity contribution in [3.05, 3.63) is 41.0 Å². The number of methoxy groups -OCH3 is 1. The predicted molar refractivity (Wildman–Crippen MR) is 103 cm³/mol. The van der Waals surface area contributed by atoms with Crippen molar-refractivity contribution in [2.75, 3.05) is 12.4 Å². The van der Waals surface area contributed by atoms with Crippen LogP contribution in [-0.2, 0) is 13.0 Å². The maximum atomic E-state index is 12.9. The Morgan fingerprint density at radius 3 is 2.70 bits per heavy atom. The Morgan fingerprint density at radius 1 is 1.22 bits per heavy atom. The number of carbonyl (C=O) groups is 2. The highest BCUT2D eigenvalue weighted by Crippen LogP contribution is 2.27. The number of fused-ring (bicyclic) bond motifs is 1. The standard InChI is InChI=1S/C20H26N4O3/c1-12(2)21-20(26)18-23-17(15-7-5-6-10-24(15)18)19(25)22-14-11-13(3)8-9-16(14)27-4/h8-9,11-12H,5-7,10H2,1-4H3,(H,21,26)(H,22,25). The van der Waals surface area contributed by atoms with Gasteiger partial charge in [0, 0.05) is 12.6 Å². The lowest BCUT2D eigenvalue weighted by Crippen LogP contribution is -2.33. The van der Waals surface area contributed by atoms with Gasteiger partial charge in [-0.25, -0.2) is 4.98 Å². The van der Waals surface area contributed by atoms with E-state index in [1.807, 2.05) is 43.5 Å². The molecule has 0 fully saturated rings. The summed E-state index contributed by atoms with van der Waals surface area (Å²) in [6, 6.07) is 5.59. The second-order valence-corrected chi connectivity index (χ2v) is 7.13. The summed E-state index contributed by atoms with van der Waals surface area (Å²) < 4.78 is 7.21. The lowest BCUT2D eigenvalue weighted by molar-refractivity contribution is 0.0927. The van der Waals surface area contributed by atoms with Gasteiger partial charge in [0.1, 0.15) is 5.75 Å². The molecule has 2 N–H and O–H groups in total. The van der Waals surface area contributed by atoms with E-state index in [9.17, 15) is 9.59 Å². The molecule has 144 valence electrons. The summed E-state index contributed by atoms with van der Waals surface area (Å²) in [5.41, 5.74) is 2.73. The molecule has 3 rings (SSSR count). The van der Waals surface area contributed by atoms with E-state index in [2.05, 4.69) is 15.6 Å². The number of benzene rings is 1. The monoisotopic (exact) mass is 370 g/mol. The lowest BCUT2D eigenvalue weighted by Gasteiger charge is -2.17. The molecule has 7 heteroatoms. The Bertz CT molecular complexity index is 870. The van der Waals surface area contributed by atoms with Crippen molar-refractivity contribution in [1.82, 2.24) is 14.9 Å². The first kappa shape index (κ1) is 18.9. The Hall–Kier alpha value is -2.83. The normalized spacial score (nSPS) is 13.2. The molecule has 27 heavy (non-hydrogen) atoms. The molecule has 2 amide bonds. The summed E-state index contributed by atoms with van der Waals surface area (Å²) >= 11 is 0. The summed E-state index contributed by atoms with van der Waals surface area (Å²) in [6.07, 6.45) is 2.68. The average Bonchev–Trinajstić information content (AvgIpc) is 3.01. The number of rotatable bonds is 5. The molecule has 1 aliphatic rings. The summed E-state index contributed by atoms with van der Waals surface area (Å²) in [6.45, 7) is 6.44. The van der Waals surface area contributed by atoms with Gasteiger partial charge in [-0.15, -0.1) is 0 Å². The second kappa shape index (κ2) is 7.82. The molecule has 0 aliphatic carbocycles. The first-order valence-corrected chi connectivity index (χ1v) is 9.27. The summed E-state index contributed by atoms with van der Waals surface area (Å²) in [4.78, 5) is 29.9. The van der Waals surface area contributed by atoms with E-state index in [4.69, 9.17) is 4.74 Å². The largest absolute Gasteiger partial charge is 0.495 e. The second-order valence-electron chi connectivity index (χ2n) is 7.13. The lowest BCUT2D eigenvalue weighted by atomic mass is 10.1. The maximum Gasteiger partial charge on any atom is 0.287 e. The minimum Gasteiger partial charge on any atom is -0.495 e. The van der Waals surface area contributed by atoms with Crippen molar-refractivity contribution in [3.63, 3.8) is 0 Å². The Morgan fingerprint density at radius 2 is 2.00 bits per heavy atom. The molecule has 2 aromatic rings. The molecule has 0 saturated heterocycles. The molecule has 2 heterocycles. The van der Waals surface area contributed by atoms with Gasteiger partial charge in [-0.1, -0.05) is 6.07 Å². The molecular weight excluding hydrogens is 344 g/mol. The summed E-state index contributed by atoms with van der Waals surface area (Å²) in [5, 5.41) is 5.75. The third-order valence-electron chi connectivity index (χ3n) is 4.56. The maximum absolute atomic E-state index is 12.9. The highest BCUT2D eigenvalue weighted by atomic mass is 16.5. The van der Waals surface area contributed by atoms with E-state index in [1.54, 1.807) is 7.11 Å². The van der Waals surface area contributed by atoms with Crippen LogP contribution in [0.15, 0.2) is 18.2 Å². The van der Waals surface area contributed by atoms with Gasteiger partial charge in [0.15, 0.2) is 11.5 Å². The number of aromatic nitrogens is 2. The van der Waals surface area contributed by atoms with Crippen LogP contribution in [0.5, 0.6) is 5.75 Å². The number of anilines is 1. The van der Waals surface area contributed by atoms with Gasteiger partial charge < -0.3 is 19.9 Å². The fourth-order valence-corrected chi connectivity index (χ4v) is 3.33. The highest BCUT2D eigenvalue weighted by molar-refractivity contribution is 6.05. The van der Waals surface area contributed by atoms with Gasteiger partial charge in [-0.3, -0.25) is 9.59 Å². The number of hydrogen-bond donors (Lipinski definition) is 2. The van der Waals surface area contributed by atoms with Gasteiger partial charge in [-0.2, -0.15) is 0 Å². The Labute approximate surface area is 159 Å². The molecule has 0 unspecified atom stereocenters. The highest BCUT2D eigenvalue weighted by Gasteiger charge is 2.28. The molecule has 0 spiro atoms. The average molecular weight is 370 g/mol. The number of hydrogen-bond acceptors (Lipinski definition) is 4. The number of amides is 2. The van der Waals surface area contributed by atoms with Crippen LogP contribution in [0.1, 0.15) is 59.1 Å². The predicted octanol–water partition coefficient (Wildman–Crippen LogP) is 2.93. The Balaban J connectivity index is 1.94. The van der Waals surface area contributed by atoms with E-state index >= 15 is 0 Å². The molecule has 0 radical (unpaired) electrons. The Kier molecular flexibility index (Phi) is 5.48. The van der Waals surface area contributed by atoms with E-state index in [0.717, 1.165) is 30.5 Å². The minimum atomic E-state index is -0.326. The summed E-state index contributed by atoms with van der Waals surface area (Å²) in [5.74, 6) is 0.313. The van der Waals surface area contributed by atoms with Crippen molar-refractivity contribution in [2.24, 2.45) is 0 Å². The van der Waals surface area contributed by atoms with Crippen LogP contribution in [0.4, 0.5) is 5.69 Å². The van der Waals surface area contributed by atoms with Gasteiger partial charge in [0.25, 0.3) is 11.8 Å². The van der Waals surface area contributed by atoms with Crippen LogP contribution < -0.4 is 15.4 Å². The molecule has 1 aromatic carbocycles. The van der Waals surface area contributed by atoms with Gasteiger partial charge in [0.2, 0.25) is 0 Å². The topological polar surface area (TPSA) is 85.2 Å². The number of nitrogens with zero attached hydrogens (tertiary/aromatic N) is 2. The minimum absolute atomic E-state index is 0.00266. The molecule has 7 nitrogen and oxygen atoms in total.